The molecule has 1 aromatic heterocycles. The first-order valence-corrected chi connectivity index (χ1v) is 7.70. The topological polar surface area (TPSA) is 87.0 Å². The van der Waals surface area contributed by atoms with Crippen molar-refractivity contribution in [2.75, 3.05) is 18.1 Å². The first-order chi connectivity index (χ1) is 10.6. The van der Waals surface area contributed by atoms with Crippen molar-refractivity contribution in [2.24, 2.45) is 0 Å². The maximum atomic E-state index is 5.93. The summed E-state index contributed by atoms with van der Waals surface area (Å²) in [6, 6.07) is 8.25. The van der Waals surface area contributed by atoms with Gasteiger partial charge in [0, 0.05) is 11.3 Å². The van der Waals surface area contributed by atoms with E-state index in [0.29, 0.717) is 5.82 Å². The van der Waals surface area contributed by atoms with E-state index in [-0.39, 0.29) is 5.95 Å². The number of aryl methyl sites for hydroxylation is 2. The number of ether oxygens (including phenoxy) is 1. The van der Waals surface area contributed by atoms with Crippen LogP contribution >= 0.6 is 0 Å². The van der Waals surface area contributed by atoms with E-state index in [9.17, 15) is 0 Å². The second-order valence-corrected chi connectivity index (χ2v) is 5.38. The van der Waals surface area contributed by atoms with Gasteiger partial charge in [0.05, 0.1) is 6.61 Å². The molecule has 22 heavy (non-hydrogen) atoms. The van der Waals surface area contributed by atoms with Gasteiger partial charge in [0.25, 0.3) is 0 Å². The fraction of sp³-hybridized carbons (Fsp3) is 0.412. The van der Waals surface area contributed by atoms with Crippen molar-refractivity contribution >= 4 is 11.8 Å². The molecule has 0 aliphatic rings. The van der Waals surface area contributed by atoms with Crippen LogP contribution in [0.25, 0.3) is 0 Å². The Bertz CT molecular complexity index is 605. The number of nitrogens with zero attached hydrogens (tertiary/aromatic N) is 2. The van der Waals surface area contributed by atoms with Crippen molar-refractivity contribution in [3.05, 3.63) is 41.1 Å². The standard InChI is InChI=1S/C17H24N4O/c1-3-10-22-14-8-4-6-13(11-14)7-5-9-15-12(2)20-17(19)21-16(15)18/h4,6,8,11H,3,5,7,9-10H2,1-2H3,(H4,18,19,20,21). The third-order valence-corrected chi connectivity index (χ3v) is 3.53. The zero-order valence-corrected chi connectivity index (χ0v) is 13.3. The second kappa shape index (κ2) is 7.64. The summed E-state index contributed by atoms with van der Waals surface area (Å²) >= 11 is 0. The van der Waals surface area contributed by atoms with Gasteiger partial charge in [-0.15, -0.1) is 0 Å². The summed E-state index contributed by atoms with van der Waals surface area (Å²) in [6.07, 6.45) is 3.81. The van der Waals surface area contributed by atoms with Crippen molar-refractivity contribution in [3.8, 4) is 5.75 Å². The van der Waals surface area contributed by atoms with E-state index in [0.717, 1.165) is 49.3 Å². The van der Waals surface area contributed by atoms with Crippen LogP contribution in [0.3, 0.4) is 0 Å². The molecule has 2 rings (SSSR count). The Morgan fingerprint density at radius 2 is 1.95 bits per heavy atom. The van der Waals surface area contributed by atoms with Crippen LogP contribution < -0.4 is 16.2 Å². The van der Waals surface area contributed by atoms with Gasteiger partial charge in [-0.2, -0.15) is 4.98 Å². The molecule has 0 saturated carbocycles. The minimum Gasteiger partial charge on any atom is -0.494 e. The predicted octanol–water partition coefficient (Wildman–Crippen LogP) is 2.91. The number of hydrogen-bond acceptors (Lipinski definition) is 5. The van der Waals surface area contributed by atoms with Gasteiger partial charge in [-0.25, -0.2) is 4.98 Å². The van der Waals surface area contributed by atoms with E-state index in [1.165, 1.54) is 5.56 Å². The maximum Gasteiger partial charge on any atom is 0.222 e. The second-order valence-electron chi connectivity index (χ2n) is 5.38. The van der Waals surface area contributed by atoms with Gasteiger partial charge in [0.2, 0.25) is 5.95 Å². The van der Waals surface area contributed by atoms with Crippen LogP contribution in [0.15, 0.2) is 24.3 Å². The Morgan fingerprint density at radius 3 is 2.68 bits per heavy atom. The molecule has 118 valence electrons. The zero-order chi connectivity index (χ0) is 15.9. The molecule has 0 radical (unpaired) electrons. The number of rotatable bonds is 7. The molecule has 1 heterocycles. The summed E-state index contributed by atoms with van der Waals surface area (Å²) in [6.45, 7) is 4.77. The van der Waals surface area contributed by atoms with Gasteiger partial charge in [0.15, 0.2) is 0 Å². The SMILES string of the molecule is CCCOc1cccc(CCCc2c(C)nc(N)nc2N)c1. The van der Waals surface area contributed by atoms with Crippen molar-refractivity contribution in [1.82, 2.24) is 9.97 Å². The number of nitrogen functional groups attached to an aromatic ring is 2. The van der Waals surface area contributed by atoms with E-state index in [1.807, 2.05) is 19.1 Å². The quantitative estimate of drug-likeness (QED) is 0.821. The number of benzene rings is 1. The van der Waals surface area contributed by atoms with E-state index in [1.54, 1.807) is 0 Å². The molecular formula is C17H24N4O. The predicted molar refractivity (Wildman–Crippen MR) is 89.8 cm³/mol. The van der Waals surface area contributed by atoms with Crippen LogP contribution in [-0.2, 0) is 12.8 Å². The molecule has 0 saturated heterocycles. The molecule has 5 heteroatoms. The maximum absolute atomic E-state index is 5.93. The average molecular weight is 300 g/mol. The summed E-state index contributed by atoms with van der Waals surface area (Å²) < 4.78 is 5.66. The fourth-order valence-corrected chi connectivity index (χ4v) is 2.43. The van der Waals surface area contributed by atoms with Crippen molar-refractivity contribution in [1.29, 1.82) is 0 Å². The molecule has 5 nitrogen and oxygen atoms in total. The Kier molecular flexibility index (Phi) is 5.58. The van der Waals surface area contributed by atoms with Crippen LogP contribution in [0, 0.1) is 6.92 Å². The molecule has 0 unspecified atom stereocenters. The molecule has 0 aliphatic carbocycles. The molecule has 0 spiro atoms. The largest absolute Gasteiger partial charge is 0.494 e. The van der Waals surface area contributed by atoms with Crippen LogP contribution in [0.2, 0.25) is 0 Å². The van der Waals surface area contributed by atoms with Crippen LogP contribution in [-0.4, -0.2) is 16.6 Å². The normalized spacial score (nSPS) is 10.6. The Balaban J connectivity index is 1.94. The summed E-state index contributed by atoms with van der Waals surface area (Å²) in [7, 11) is 0. The summed E-state index contributed by atoms with van der Waals surface area (Å²) in [5.41, 5.74) is 14.6. The van der Waals surface area contributed by atoms with Gasteiger partial charge in [-0.3, -0.25) is 0 Å². The van der Waals surface area contributed by atoms with Gasteiger partial charge < -0.3 is 16.2 Å². The number of nitrogens with two attached hydrogens (primary N) is 2. The number of anilines is 2. The van der Waals surface area contributed by atoms with Gasteiger partial charge in [0.1, 0.15) is 11.6 Å². The molecule has 0 fully saturated rings. The first-order valence-electron chi connectivity index (χ1n) is 7.70. The summed E-state index contributed by atoms with van der Waals surface area (Å²) in [5.74, 6) is 1.66. The van der Waals surface area contributed by atoms with Crippen LogP contribution in [0.5, 0.6) is 5.75 Å². The van der Waals surface area contributed by atoms with Gasteiger partial charge >= 0.3 is 0 Å². The number of aromatic nitrogens is 2. The van der Waals surface area contributed by atoms with E-state index >= 15 is 0 Å². The highest BCUT2D eigenvalue weighted by Gasteiger charge is 2.08. The Hall–Kier alpha value is -2.30. The third kappa shape index (κ3) is 4.35. The first kappa shape index (κ1) is 16.1. The lowest BCUT2D eigenvalue weighted by Crippen LogP contribution is -2.07. The van der Waals surface area contributed by atoms with Gasteiger partial charge in [-0.1, -0.05) is 19.1 Å². The summed E-state index contributed by atoms with van der Waals surface area (Å²) in [4.78, 5) is 8.21. The Labute approximate surface area is 131 Å². The average Bonchev–Trinajstić information content (AvgIpc) is 2.48. The molecular weight excluding hydrogens is 276 g/mol. The van der Waals surface area contributed by atoms with Crippen LogP contribution in [0.4, 0.5) is 11.8 Å². The summed E-state index contributed by atoms with van der Waals surface area (Å²) in [5, 5.41) is 0. The molecule has 0 bridgehead atoms. The van der Waals surface area contributed by atoms with Crippen molar-refractivity contribution < 1.29 is 4.74 Å². The Morgan fingerprint density at radius 1 is 1.14 bits per heavy atom. The molecule has 1 aromatic carbocycles. The minimum atomic E-state index is 0.236. The molecule has 4 N–H and O–H groups in total. The molecule has 2 aromatic rings. The molecule has 0 amide bonds. The van der Waals surface area contributed by atoms with E-state index < -0.39 is 0 Å². The zero-order valence-electron chi connectivity index (χ0n) is 13.3. The smallest absolute Gasteiger partial charge is 0.222 e. The third-order valence-electron chi connectivity index (χ3n) is 3.53. The number of hydrogen-bond donors (Lipinski definition) is 2. The fourth-order valence-electron chi connectivity index (χ4n) is 2.43. The lowest BCUT2D eigenvalue weighted by atomic mass is 10.0. The van der Waals surface area contributed by atoms with E-state index in [4.69, 9.17) is 16.2 Å². The van der Waals surface area contributed by atoms with Crippen LogP contribution in [0.1, 0.15) is 36.6 Å². The minimum absolute atomic E-state index is 0.236. The molecule has 0 aliphatic heterocycles. The highest BCUT2D eigenvalue weighted by molar-refractivity contribution is 5.45. The highest BCUT2D eigenvalue weighted by Crippen LogP contribution is 2.19. The monoisotopic (exact) mass is 300 g/mol. The van der Waals surface area contributed by atoms with Crippen molar-refractivity contribution in [2.45, 2.75) is 39.5 Å². The van der Waals surface area contributed by atoms with E-state index in [2.05, 4.69) is 29.0 Å². The molecule has 0 atom stereocenters. The van der Waals surface area contributed by atoms with Gasteiger partial charge in [-0.05, 0) is 50.3 Å². The van der Waals surface area contributed by atoms with Crippen molar-refractivity contribution in [3.63, 3.8) is 0 Å². The lowest BCUT2D eigenvalue weighted by molar-refractivity contribution is 0.317. The highest BCUT2D eigenvalue weighted by atomic mass is 16.5. The lowest BCUT2D eigenvalue weighted by Gasteiger charge is -2.10.